The largest absolute Gasteiger partial charge is 0.508 e. The lowest BCUT2D eigenvalue weighted by Crippen LogP contribution is -2.47. The van der Waals surface area contributed by atoms with E-state index in [4.69, 9.17) is 16.7 Å². The van der Waals surface area contributed by atoms with E-state index in [1.807, 2.05) is 0 Å². The van der Waals surface area contributed by atoms with Gasteiger partial charge in [-0.1, -0.05) is 18.6 Å². The third kappa shape index (κ3) is 7.40. The van der Waals surface area contributed by atoms with Crippen LogP contribution in [0.25, 0.3) is 0 Å². The number of carbonyl (C=O) groups is 2. The van der Waals surface area contributed by atoms with Gasteiger partial charge in [-0.3, -0.25) is 9.59 Å². The van der Waals surface area contributed by atoms with Gasteiger partial charge < -0.3 is 27.1 Å². The smallest absolute Gasteiger partial charge is 0.240 e. The molecule has 2 amide bonds. The van der Waals surface area contributed by atoms with Crippen LogP contribution in [0.4, 0.5) is 0 Å². The van der Waals surface area contributed by atoms with Crippen molar-refractivity contribution in [2.45, 2.75) is 44.2 Å². The molecule has 2 atom stereocenters. The van der Waals surface area contributed by atoms with E-state index in [-0.39, 0.29) is 24.5 Å². The van der Waals surface area contributed by atoms with Gasteiger partial charge in [0, 0.05) is 18.9 Å². The molecule has 0 spiro atoms. The molecule has 0 radical (unpaired) electrons. The minimum Gasteiger partial charge on any atom is -0.508 e. The Kier molecular flexibility index (Phi) is 8.77. The minimum atomic E-state index is -0.856. The zero-order chi connectivity index (χ0) is 17.9. The zero-order valence-corrected chi connectivity index (χ0v) is 13.6. The maximum Gasteiger partial charge on any atom is 0.240 e. The Bertz CT molecular complexity index is 521. The SMILES string of the molecule is NCCCC[C@@H](CC(=O)N[C@@H](Cc1ccc(O)cc1)C(N)=O)NO. The number of phenolic OH excluding ortho intramolecular Hbond substituents is 1. The van der Waals surface area contributed by atoms with Crippen molar-refractivity contribution in [2.75, 3.05) is 6.54 Å². The lowest BCUT2D eigenvalue weighted by atomic mass is 10.0. The quantitative estimate of drug-likeness (QED) is 0.242. The van der Waals surface area contributed by atoms with Crippen molar-refractivity contribution < 1.29 is 19.9 Å². The van der Waals surface area contributed by atoms with Crippen molar-refractivity contribution in [2.24, 2.45) is 11.5 Å². The number of carbonyl (C=O) groups excluding carboxylic acids is 2. The maximum atomic E-state index is 12.1. The van der Waals surface area contributed by atoms with E-state index in [2.05, 4.69) is 10.8 Å². The maximum absolute atomic E-state index is 12.1. The summed E-state index contributed by atoms with van der Waals surface area (Å²) in [5.74, 6) is -0.905. The molecule has 8 nitrogen and oxygen atoms in total. The summed E-state index contributed by atoms with van der Waals surface area (Å²) in [7, 11) is 0. The molecule has 8 heteroatoms. The fraction of sp³-hybridized carbons (Fsp3) is 0.500. The van der Waals surface area contributed by atoms with Crippen molar-refractivity contribution in [3.63, 3.8) is 0 Å². The van der Waals surface area contributed by atoms with E-state index in [1.54, 1.807) is 12.1 Å². The minimum absolute atomic E-state index is 0.0282. The van der Waals surface area contributed by atoms with Gasteiger partial charge in [-0.15, -0.1) is 0 Å². The fourth-order valence-corrected chi connectivity index (χ4v) is 2.31. The Balaban J connectivity index is 2.55. The number of phenols is 1. The van der Waals surface area contributed by atoms with Gasteiger partial charge in [0.1, 0.15) is 11.8 Å². The van der Waals surface area contributed by atoms with E-state index in [0.29, 0.717) is 13.0 Å². The van der Waals surface area contributed by atoms with Crippen LogP contribution in [0, 0.1) is 0 Å². The second-order valence-corrected chi connectivity index (χ2v) is 5.71. The first-order valence-corrected chi connectivity index (χ1v) is 7.92. The number of rotatable bonds is 11. The lowest BCUT2D eigenvalue weighted by Gasteiger charge is -2.19. The van der Waals surface area contributed by atoms with E-state index in [1.165, 1.54) is 12.1 Å². The lowest BCUT2D eigenvalue weighted by molar-refractivity contribution is -0.128. The van der Waals surface area contributed by atoms with Gasteiger partial charge in [-0.2, -0.15) is 0 Å². The Labute approximate surface area is 141 Å². The predicted molar refractivity (Wildman–Crippen MR) is 89.2 cm³/mol. The first-order valence-electron chi connectivity index (χ1n) is 7.92. The van der Waals surface area contributed by atoms with Crippen LogP contribution in [0.5, 0.6) is 5.75 Å². The molecular weight excluding hydrogens is 312 g/mol. The number of primary amides is 1. The van der Waals surface area contributed by atoms with Gasteiger partial charge >= 0.3 is 0 Å². The predicted octanol–water partition coefficient (Wildman–Crippen LogP) is -0.229. The van der Waals surface area contributed by atoms with Crippen LogP contribution in [-0.2, 0) is 16.0 Å². The van der Waals surface area contributed by atoms with E-state index < -0.39 is 18.0 Å². The molecule has 134 valence electrons. The summed E-state index contributed by atoms with van der Waals surface area (Å²) >= 11 is 0. The molecule has 0 aromatic heterocycles. The molecule has 1 aromatic carbocycles. The average Bonchev–Trinajstić information content (AvgIpc) is 2.55. The first kappa shape index (κ1) is 19.9. The number of nitrogens with two attached hydrogens (primary N) is 2. The van der Waals surface area contributed by atoms with E-state index >= 15 is 0 Å². The molecule has 1 rings (SSSR count). The average molecular weight is 338 g/mol. The first-order chi connectivity index (χ1) is 11.5. The number of amides is 2. The van der Waals surface area contributed by atoms with Crippen LogP contribution in [0.2, 0.25) is 0 Å². The summed E-state index contributed by atoms with van der Waals surface area (Å²) < 4.78 is 0. The molecular formula is C16H26N4O4. The highest BCUT2D eigenvalue weighted by molar-refractivity contribution is 5.87. The molecule has 0 saturated carbocycles. The molecule has 1 aromatic rings. The fourth-order valence-electron chi connectivity index (χ4n) is 2.31. The van der Waals surface area contributed by atoms with Crippen molar-refractivity contribution in [3.8, 4) is 5.75 Å². The number of benzene rings is 1. The standard InChI is InChI=1S/C16H26N4O4/c17-8-2-1-3-12(20-24)10-15(22)19-14(16(18)23)9-11-4-6-13(21)7-5-11/h4-7,12,14,20-21,24H,1-3,8-10,17H2,(H2,18,23)(H,19,22)/t12-,14-/m0/s1. The molecule has 8 N–H and O–H groups in total. The highest BCUT2D eigenvalue weighted by Crippen LogP contribution is 2.11. The van der Waals surface area contributed by atoms with Crippen LogP contribution in [-0.4, -0.2) is 40.8 Å². The normalized spacial score (nSPS) is 13.2. The van der Waals surface area contributed by atoms with E-state index in [9.17, 15) is 14.7 Å². The Morgan fingerprint density at radius 1 is 1.17 bits per heavy atom. The molecule has 24 heavy (non-hydrogen) atoms. The van der Waals surface area contributed by atoms with Crippen LogP contribution in [0.1, 0.15) is 31.2 Å². The second kappa shape index (κ2) is 10.6. The number of hydrogen-bond donors (Lipinski definition) is 6. The summed E-state index contributed by atoms with van der Waals surface area (Å²) in [4.78, 5) is 23.6. The zero-order valence-electron chi connectivity index (χ0n) is 13.6. The monoisotopic (exact) mass is 338 g/mol. The van der Waals surface area contributed by atoms with Crippen LogP contribution in [0.3, 0.4) is 0 Å². The third-order valence-corrected chi connectivity index (χ3v) is 3.68. The highest BCUT2D eigenvalue weighted by atomic mass is 16.5. The second-order valence-electron chi connectivity index (χ2n) is 5.71. The molecule has 0 fully saturated rings. The number of unbranched alkanes of at least 4 members (excludes halogenated alkanes) is 1. The van der Waals surface area contributed by atoms with Gasteiger partial charge in [-0.05, 0) is 37.1 Å². The molecule has 0 aliphatic rings. The molecule has 0 aliphatic heterocycles. The number of aromatic hydroxyl groups is 1. The van der Waals surface area contributed by atoms with Crippen molar-refractivity contribution >= 4 is 11.8 Å². The van der Waals surface area contributed by atoms with Gasteiger partial charge in [0.15, 0.2) is 0 Å². The molecule has 0 bridgehead atoms. The molecule has 0 aliphatic carbocycles. The van der Waals surface area contributed by atoms with E-state index in [0.717, 1.165) is 18.4 Å². The van der Waals surface area contributed by atoms with Crippen molar-refractivity contribution in [1.29, 1.82) is 0 Å². The number of hydroxylamine groups is 1. The molecule has 0 saturated heterocycles. The Morgan fingerprint density at radius 3 is 2.38 bits per heavy atom. The molecule has 0 heterocycles. The Morgan fingerprint density at radius 2 is 1.83 bits per heavy atom. The summed E-state index contributed by atoms with van der Waals surface area (Å²) in [5, 5.41) is 20.9. The highest BCUT2D eigenvalue weighted by Gasteiger charge is 2.20. The summed E-state index contributed by atoms with van der Waals surface area (Å²) in [6.07, 6.45) is 2.45. The van der Waals surface area contributed by atoms with Crippen molar-refractivity contribution in [3.05, 3.63) is 29.8 Å². The summed E-state index contributed by atoms with van der Waals surface area (Å²) in [6.45, 7) is 0.556. The summed E-state index contributed by atoms with van der Waals surface area (Å²) in [6, 6.07) is 5.05. The van der Waals surface area contributed by atoms with Gasteiger partial charge in [0.2, 0.25) is 11.8 Å². The van der Waals surface area contributed by atoms with Gasteiger partial charge in [0.25, 0.3) is 0 Å². The number of nitrogens with one attached hydrogen (secondary N) is 2. The van der Waals surface area contributed by atoms with Crippen LogP contribution < -0.4 is 22.3 Å². The Hall–Kier alpha value is -2.16. The number of hydrogen-bond acceptors (Lipinski definition) is 6. The van der Waals surface area contributed by atoms with Gasteiger partial charge in [-0.25, -0.2) is 5.48 Å². The topological polar surface area (TPSA) is 151 Å². The molecule has 0 unspecified atom stereocenters. The van der Waals surface area contributed by atoms with Crippen LogP contribution in [0.15, 0.2) is 24.3 Å². The third-order valence-electron chi connectivity index (χ3n) is 3.68. The summed E-state index contributed by atoms with van der Waals surface area (Å²) in [5.41, 5.74) is 13.6. The van der Waals surface area contributed by atoms with Crippen molar-refractivity contribution in [1.82, 2.24) is 10.8 Å². The van der Waals surface area contributed by atoms with Crippen LogP contribution >= 0.6 is 0 Å². The van der Waals surface area contributed by atoms with Gasteiger partial charge in [0.05, 0.1) is 0 Å².